The quantitative estimate of drug-likeness (QED) is 0.536. The fourth-order valence-corrected chi connectivity index (χ4v) is 1.86. The van der Waals surface area contributed by atoms with E-state index >= 15 is 0 Å². The molecule has 4 nitrogen and oxygen atoms in total. The molecular formula is C11H15NO3. The molecule has 1 fully saturated rings. The fourth-order valence-electron chi connectivity index (χ4n) is 1.86. The molecule has 1 saturated heterocycles. The van der Waals surface area contributed by atoms with Crippen LogP contribution in [0, 0.1) is 0 Å². The predicted octanol–water partition coefficient (Wildman–Crippen LogP) is -0.372. The van der Waals surface area contributed by atoms with Crippen LogP contribution < -0.4 is 5.32 Å². The molecule has 1 aromatic rings. The topological polar surface area (TPSA) is 72.7 Å². The first-order valence-electron chi connectivity index (χ1n) is 5.04. The van der Waals surface area contributed by atoms with Crippen LogP contribution in [0.3, 0.4) is 0 Å². The highest BCUT2D eigenvalue weighted by Crippen LogP contribution is 2.16. The second-order valence-corrected chi connectivity index (χ2v) is 3.94. The number of phenols is 1. The normalized spacial score (nSPS) is 30.7. The van der Waals surface area contributed by atoms with Gasteiger partial charge in [-0.1, -0.05) is 12.1 Å². The maximum absolute atomic E-state index is 9.61. The van der Waals surface area contributed by atoms with Gasteiger partial charge in [-0.25, -0.2) is 0 Å². The molecule has 1 heterocycles. The standard InChI is InChI=1S/C11H15NO3/c13-8-3-1-7(2-4-8)5-9-11(15)10(14)6-12-9/h1-4,9-15H,5-6H2/t9-,10+,11+/m1/s1. The summed E-state index contributed by atoms with van der Waals surface area (Å²) in [6.07, 6.45) is -0.732. The molecule has 0 saturated carbocycles. The van der Waals surface area contributed by atoms with Crippen molar-refractivity contribution < 1.29 is 15.3 Å². The number of hydrogen-bond donors (Lipinski definition) is 4. The number of aliphatic hydroxyl groups is 2. The molecule has 0 aromatic heterocycles. The lowest BCUT2D eigenvalue weighted by Gasteiger charge is -2.15. The number of β-amino-alcohol motifs (C(OH)–C–C–N with tert-alkyl or cyclic N) is 1. The van der Waals surface area contributed by atoms with Gasteiger partial charge in [-0.2, -0.15) is 0 Å². The van der Waals surface area contributed by atoms with Gasteiger partial charge >= 0.3 is 0 Å². The Balaban J connectivity index is 2.00. The molecule has 1 aromatic carbocycles. The van der Waals surface area contributed by atoms with E-state index in [4.69, 9.17) is 5.11 Å². The van der Waals surface area contributed by atoms with Crippen molar-refractivity contribution in [3.8, 4) is 5.75 Å². The summed E-state index contributed by atoms with van der Waals surface area (Å²) in [6, 6.07) is 6.76. The zero-order chi connectivity index (χ0) is 10.8. The van der Waals surface area contributed by atoms with Gasteiger partial charge in [0.05, 0.1) is 12.2 Å². The molecule has 1 aliphatic heterocycles. The van der Waals surface area contributed by atoms with E-state index in [-0.39, 0.29) is 11.8 Å². The summed E-state index contributed by atoms with van der Waals surface area (Å²) in [5.74, 6) is 0.235. The van der Waals surface area contributed by atoms with E-state index in [2.05, 4.69) is 5.32 Å². The molecule has 0 spiro atoms. The third-order valence-corrected chi connectivity index (χ3v) is 2.79. The fraction of sp³-hybridized carbons (Fsp3) is 0.455. The highest BCUT2D eigenvalue weighted by molar-refractivity contribution is 5.26. The SMILES string of the molecule is Oc1ccc(C[C@H]2NC[C@H](O)[C@H]2O)cc1. The van der Waals surface area contributed by atoms with Gasteiger partial charge in [0.15, 0.2) is 0 Å². The van der Waals surface area contributed by atoms with Crippen LogP contribution in [0.2, 0.25) is 0 Å². The number of aromatic hydroxyl groups is 1. The molecule has 3 atom stereocenters. The minimum Gasteiger partial charge on any atom is -0.508 e. The van der Waals surface area contributed by atoms with Gasteiger partial charge in [0.25, 0.3) is 0 Å². The van der Waals surface area contributed by atoms with Crippen molar-refractivity contribution in [2.45, 2.75) is 24.7 Å². The van der Waals surface area contributed by atoms with Crippen molar-refractivity contribution >= 4 is 0 Å². The number of benzene rings is 1. The molecule has 4 heteroatoms. The van der Waals surface area contributed by atoms with Crippen LogP contribution in [0.15, 0.2) is 24.3 Å². The van der Waals surface area contributed by atoms with E-state index in [1.165, 1.54) is 0 Å². The first kappa shape index (κ1) is 10.4. The first-order chi connectivity index (χ1) is 7.16. The Morgan fingerprint density at radius 2 is 1.87 bits per heavy atom. The van der Waals surface area contributed by atoms with Crippen LogP contribution in [0.4, 0.5) is 0 Å². The number of rotatable bonds is 2. The van der Waals surface area contributed by atoms with E-state index < -0.39 is 12.2 Å². The molecule has 15 heavy (non-hydrogen) atoms. The van der Waals surface area contributed by atoms with Gasteiger partial charge in [0, 0.05) is 12.6 Å². The van der Waals surface area contributed by atoms with E-state index in [0.29, 0.717) is 13.0 Å². The second-order valence-electron chi connectivity index (χ2n) is 3.94. The van der Waals surface area contributed by atoms with Gasteiger partial charge in [-0.15, -0.1) is 0 Å². The molecule has 0 radical (unpaired) electrons. The number of hydrogen-bond acceptors (Lipinski definition) is 4. The smallest absolute Gasteiger partial charge is 0.115 e. The molecule has 0 unspecified atom stereocenters. The molecule has 4 N–H and O–H groups in total. The number of phenolic OH excluding ortho intramolecular Hbond substituents is 1. The molecule has 2 rings (SSSR count). The van der Waals surface area contributed by atoms with Crippen molar-refractivity contribution in [1.29, 1.82) is 0 Å². The van der Waals surface area contributed by atoms with Gasteiger partial charge < -0.3 is 20.6 Å². The third kappa shape index (κ3) is 2.28. The lowest BCUT2D eigenvalue weighted by molar-refractivity contribution is 0.0408. The Labute approximate surface area is 88.2 Å². The van der Waals surface area contributed by atoms with E-state index in [1.54, 1.807) is 12.1 Å². The summed E-state index contributed by atoms with van der Waals surface area (Å²) in [5, 5.41) is 31.1. The summed E-state index contributed by atoms with van der Waals surface area (Å²) < 4.78 is 0. The predicted molar refractivity (Wildman–Crippen MR) is 55.6 cm³/mol. The molecule has 0 amide bonds. The van der Waals surface area contributed by atoms with Crippen molar-refractivity contribution in [1.82, 2.24) is 5.32 Å². The largest absolute Gasteiger partial charge is 0.508 e. The third-order valence-electron chi connectivity index (χ3n) is 2.79. The van der Waals surface area contributed by atoms with Gasteiger partial charge in [-0.05, 0) is 24.1 Å². The highest BCUT2D eigenvalue weighted by Gasteiger charge is 2.32. The molecule has 0 bridgehead atoms. The molecule has 82 valence electrons. The maximum Gasteiger partial charge on any atom is 0.115 e. The van der Waals surface area contributed by atoms with Gasteiger partial charge in [0.1, 0.15) is 5.75 Å². The van der Waals surface area contributed by atoms with Crippen LogP contribution in [0.1, 0.15) is 5.56 Å². The Morgan fingerprint density at radius 1 is 1.20 bits per heavy atom. The summed E-state index contributed by atoms with van der Waals surface area (Å²) in [6.45, 7) is 0.434. The minimum atomic E-state index is -0.709. The Hall–Kier alpha value is -1.10. The van der Waals surface area contributed by atoms with Crippen molar-refractivity contribution in [2.75, 3.05) is 6.54 Å². The van der Waals surface area contributed by atoms with Crippen LogP contribution in [-0.2, 0) is 6.42 Å². The van der Waals surface area contributed by atoms with Crippen molar-refractivity contribution in [3.05, 3.63) is 29.8 Å². The number of aliphatic hydroxyl groups excluding tert-OH is 2. The molecular weight excluding hydrogens is 194 g/mol. The van der Waals surface area contributed by atoms with Gasteiger partial charge in [-0.3, -0.25) is 0 Å². The minimum absolute atomic E-state index is 0.107. The second kappa shape index (κ2) is 4.18. The van der Waals surface area contributed by atoms with Crippen molar-refractivity contribution in [2.24, 2.45) is 0 Å². The zero-order valence-electron chi connectivity index (χ0n) is 8.30. The van der Waals surface area contributed by atoms with Crippen LogP contribution in [0.25, 0.3) is 0 Å². The summed E-state index contributed by atoms with van der Waals surface area (Å²) in [7, 11) is 0. The average Bonchev–Trinajstić information content (AvgIpc) is 2.53. The first-order valence-corrected chi connectivity index (χ1v) is 5.04. The van der Waals surface area contributed by atoms with Crippen LogP contribution in [-0.4, -0.2) is 40.1 Å². The van der Waals surface area contributed by atoms with E-state index in [1.807, 2.05) is 12.1 Å². The summed E-state index contributed by atoms with van der Waals surface area (Å²) in [4.78, 5) is 0. The number of nitrogens with one attached hydrogen (secondary N) is 1. The van der Waals surface area contributed by atoms with Crippen molar-refractivity contribution in [3.63, 3.8) is 0 Å². The Morgan fingerprint density at radius 3 is 2.40 bits per heavy atom. The van der Waals surface area contributed by atoms with Crippen LogP contribution >= 0.6 is 0 Å². The Bertz CT molecular complexity index is 325. The summed E-state index contributed by atoms with van der Waals surface area (Å²) in [5.41, 5.74) is 1.03. The van der Waals surface area contributed by atoms with Gasteiger partial charge in [0.2, 0.25) is 0 Å². The Kier molecular flexibility index (Phi) is 2.90. The highest BCUT2D eigenvalue weighted by atomic mass is 16.3. The monoisotopic (exact) mass is 209 g/mol. The lowest BCUT2D eigenvalue weighted by Crippen LogP contribution is -2.34. The lowest BCUT2D eigenvalue weighted by atomic mass is 10.0. The summed E-state index contributed by atoms with van der Waals surface area (Å²) >= 11 is 0. The molecule has 0 aliphatic carbocycles. The van der Waals surface area contributed by atoms with E-state index in [0.717, 1.165) is 5.56 Å². The van der Waals surface area contributed by atoms with E-state index in [9.17, 15) is 10.2 Å². The van der Waals surface area contributed by atoms with Crippen LogP contribution in [0.5, 0.6) is 5.75 Å². The molecule has 1 aliphatic rings. The average molecular weight is 209 g/mol. The zero-order valence-corrected chi connectivity index (χ0v) is 8.30. The maximum atomic E-state index is 9.61.